The Morgan fingerprint density at radius 1 is 1.11 bits per heavy atom. The van der Waals surface area contributed by atoms with Crippen LogP contribution < -0.4 is 15.8 Å². The molecule has 0 saturated carbocycles. The van der Waals surface area contributed by atoms with Crippen LogP contribution >= 0.6 is 0 Å². The van der Waals surface area contributed by atoms with Gasteiger partial charge < -0.3 is 20.7 Å². The number of hydrogen-bond acceptors (Lipinski definition) is 3. The summed E-state index contributed by atoms with van der Waals surface area (Å²) in [6, 6.07) is 13.8. The van der Waals surface area contributed by atoms with Crippen molar-refractivity contribution in [2.24, 2.45) is 10.7 Å². The van der Waals surface area contributed by atoms with Gasteiger partial charge in [-0.25, -0.2) is 4.99 Å². The standard InChI is InChI=1S/C20H25F3N4O/c1-3-27(2)14-17-6-4-5-16(11-17)13-26-19(24)25-12-15-7-9-18(10-8-15)28-20(21,22)23/h4-11H,3,12-14H2,1-2H3,(H3,24,25,26). The molecule has 0 saturated heterocycles. The van der Waals surface area contributed by atoms with E-state index >= 15 is 0 Å². The van der Waals surface area contributed by atoms with E-state index in [1.807, 2.05) is 12.1 Å². The maximum atomic E-state index is 12.2. The summed E-state index contributed by atoms with van der Waals surface area (Å²) in [5.41, 5.74) is 8.91. The van der Waals surface area contributed by atoms with E-state index in [0.29, 0.717) is 13.1 Å². The molecule has 0 heterocycles. The zero-order valence-corrected chi connectivity index (χ0v) is 16.0. The van der Waals surface area contributed by atoms with E-state index in [0.717, 1.165) is 24.2 Å². The van der Waals surface area contributed by atoms with Gasteiger partial charge in [0.15, 0.2) is 5.96 Å². The molecule has 2 rings (SSSR count). The molecule has 8 heteroatoms. The van der Waals surface area contributed by atoms with Gasteiger partial charge in [0, 0.05) is 13.1 Å². The lowest BCUT2D eigenvalue weighted by atomic mass is 10.1. The zero-order chi connectivity index (χ0) is 20.6. The Hall–Kier alpha value is -2.74. The minimum atomic E-state index is -4.69. The number of rotatable bonds is 8. The molecule has 0 spiro atoms. The predicted octanol–water partition coefficient (Wildman–Crippen LogP) is 3.64. The van der Waals surface area contributed by atoms with E-state index < -0.39 is 6.36 Å². The summed E-state index contributed by atoms with van der Waals surface area (Å²) in [7, 11) is 2.06. The lowest BCUT2D eigenvalue weighted by Crippen LogP contribution is -2.31. The van der Waals surface area contributed by atoms with Crippen molar-refractivity contribution < 1.29 is 17.9 Å². The van der Waals surface area contributed by atoms with Crippen molar-refractivity contribution in [3.8, 4) is 5.75 Å². The first-order valence-corrected chi connectivity index (χ1v) is 8.90. The molecule has 3 N–H and O–H groups in total. The summed E-state index contributed by atoms with van der Waals surface area (Å²) in [4.78, 5) is 6.52. The van der Waals surface area contributed by atoms with Crippen molar-refractivity contribution in [2.45, 2.75) is 32.9 Å². The topological polar surface area (TPSA) is 62.9 Å². The first kappa shape index (κ1) is 21.6. The molecule has 5 nitrogen and oxygen atoms in total. The highest BCUT2D eigenvalue weighted by atomic mass is 19.4. The lowest BCUT2D eigenvalue weighted by Gasteiger charge is -2.14. The fraction of sp³-hybridized carbons (Fsp3) is 0.350. The molecule has 0 aliphatic carbocycles. The maximum Gasteiger partial charge on any atom is 0.573 e. The number of benzene rings is 2. The molecule has 0 aliphatic heterocycles. The number of hydrogen-bond donors (Lipinski definition) is 2. The van der Waals surface area contributed by atoms with Gasteiger partial charge in [-0.3, -0.25) is 0 Å². The highest BCUT2D eigenvalue weighted by molar-refractivity contribution is 5.77. The number of halogens is 3. The van der Waals surface area contributed by atoms with Gasteiger partial charge in [-0.2, -0.15) is 0 Å². The smallest absolute Gasteiger partial charge is 0.406 e. The van der Waals surface area contributed by atoms with Crippen LogP contribution in [-0.2, 0) is 19.6 Å². The molecule has 2 aromatic rings. The minimum Gasteiger partial charge on any atom is -0.406 e. The van der Waals surface area contributed by atoms with Crippen LogP contribution in [-0.4, -0.2) is 30.8 Å². The summed E-state index contributed by atoms with van der Waals surface area (Å²) in [6.07, 6.45) is -4.69. The molecule has 0 atom stereocenters. The fourth-order valence-corrected chi connectivity index (χ4v) is 2.48. The molecular weight excluding hydrogens is 369 g/mol. The van der Waals surface area contributed by atoms with Gasteiger partial charge >= 0.3 is 6.36 Å². The Labute approximate surface area is 163 Å². The Balaban J connectivity index is 1.85. The van der Waals surface area contributed by atoms with Gasteiger partial charge in [0.1, 0.15) is 5.75 Å². The number of guanidine groups is 1. The number of nitrogens with zero attached hydrogens (tertiary/aromatic N) is 2. The third kappa shape index (κ3) is 7.87. The molecule has 0 bridgehead atoms. The summed E-state index contributed by atoms with van der Waals surface area (Å²) < 4.78 is 40.3. The van der Waals surface area contributed by atoms with Gasteiger partial charge in [0.25, 0.3) is 0 Å². The van der Waals surface area contributed by atoms with E-state index in [1.165, 1.54) is 29.8 Å². The Morgan fingerprint density at radius 3 is 2.43 bits per heavy atom. The van der Waals surface area contributed by atoms with Crippen molar-refractivity contribution in [1.29, 1.82) is 0 Å². The number of nitrogens with two attached hydrogens (primary N) is 1. The van der Waals surface area contributed by atoms with E-state index in [1.54, 1.807) is 0 Å². The average molecular weight is 394 g/mol. The second kappa shape index (κ2) is 9.98. The number of aliphatic imine (C=N–C) groups is 1. The molecule has 0 unspecified atom stereocenters. The first-order chi connectivity index (χ1) is 13.2. The highest BCUT2D eigenvalue weighted by Gasteiger charge is 2.30. The van der Waals surface area contributed by atoms with Gasteiger partial charge in [0.05, 0.1) is 6.54 Å². The summed E-state index contributed by atoms with van der Waals surface area (Å²) in [6.45, 7) is 4.75. The quantitative estimate of drug-likeness (QED) is 0.530. The molecule has 28 heavy (non-hydrogen) atoms. The first-order valence-electron chi connectivity index (χ1n) is 8.90. The van der Waals surface area contributed by atoms with E-state index in [-0.39, 0.29) is 11.7 Å². The lowest BCUT2D eigenvalue weighted by molar-refractivity contribution is -0.274. The number of ether oxygens (including phenoxy) is 1. The summed E-state index contributed by atoms with van der Waals surface area (Å²) in [5, 5.41) is 2.95. The third-order valence-electron chi connectivity index (χ3n) is 4.05. The maximum absolute atomic E-state index is 12.2. The SMILES string of the molecule is CCN(C)Cc1cccc(CN=C(N)NCc2ccc(OC(F)(F)F)cc2)c1. The minimum absolute atomic E-state index is 0.258. The second-order valence-electron chi connectivity index (χ2n) is 6.40. The number of nitrogens with one attached hydrogen (secondary N) is 1. The van der Waals surface area contributed by atoms with Crippen molar-refractivity contribution in [2.75, 3.05) is 13.6 Å². The second-order valence-corrected chi connectivity index (χ2v) is 6.40. The van der Waals surface area contributed by atoms with Gasteiger partial charge in [-0.15, -0.1) is 13.2 Å². The molecular formula is C20H25F3N4O. The van der Waals surface area contributed by atoms with Crippen LogP contribution in [0.15, 0.2) is 53.5 Å². The summed E-state index contributed by atoms with van der Waals surface area (Å²) >= 11 is 0. The third-order valence-corrected chi connectivity index (χ3v) is 4.05. The van der Waals surface area contributed by atoms with Crippen LogP contribution in [0.5, 0.6) is 5.75 Å². The van der Waals surface area contributed by atoms with Crippen LogP contribution in [0.25, 0.3) is 0 Å². The van der Waals surface area contributed by atoms with E-state index in [4.69, 9.17) is 5.73 Å². The molecule has 0 fully saturated rings. The molecule has 2 aromatic carbocycles. The number of alkyl halides is 3. The Morgan fingerprint density at radius 2 is 1.79 bits per heavy atom. The van der Waals surface area contributed by atoms with Crippen molar-refractivity contribution in [3.05, 3.63) is 65.2 Å². The van der Waals surface area contributed by atoms with Crippen LogP contribution in [0.1, 0.15) is 23.6 Å². The molecule has 0 radical (unpaired) electrons. The van der Waals surface area contributed by atoms with Crippen molar-refractivity contribution in [3.63, 3.8) is 0 Å². The van der Waals surface area contributed by atoms with E-state index in [9.17, 15) is 13.2 Å². The van der Waals surface area contributed by atoms with Gasteiger partial charge in [-0.1, -0.05) is 43.3 Å². The monoisotopic (exact) mass is 394 g/mol. The van der Waals surface area contributed by atoms with Crippen LogP contribution in [0.2, 0.25) is 0 Å². The van der Waals surface area contributed by atoms with Gasteiger partial charge in [-0.05, 0) is 42.4 Å². The fourth-order valence-electron chi connectivity index (χ4n) is 2.48. The summed E-state index contributed by atoms with van der Waals surface area (Å²) in [5.74, 6) is 0.0122. The predicted molar refractivity (Wildman–Crippen MR) is 104 cm³/mol. The van der Waals surface area contributed by atoms with Crippen LogP contribution in [0.3, 0.4) is 0 Å². The van der Waals surface area contributed by atoms with Gasteiger partial charge in [0.2, 0.25) is 0 Å². The van der Waals surface area contributed by atoms with E-state index in [2.05, 4.69) is 46.1 Å². The van der Waals surface area contributed by atoms with Crippen molar-refractivity contribution in [1.82, 2.24) is 10.2 Å². The molecule has 0 aromatic heterocycles. The van der Waals surface area contributed by atoms with Crippen molar-refractivity contribution >= 4 is 5.96 Å². The largest absolute Gasteiger partial charge is 0.573 e. The molecule has 152 valence electrons. The average Bonchev–Trinajstić information content (AvgIpc) is 2.65. The highest BCUT2D eigenvalue weighted by Crippen LogP contribution is 2.22. The Bertz CT molecular complexity index is 776. The van der Waals surface area contributed by atoms with Crippen LogP contribution in [0, 0.1) is 0 Å². The zero-order valence-electron chi connectivity index (χ0n) is 16.0. The normalized spacial score (nSPS) is 12.3. The van der Waals surface area contributed by atoms with Crippen LogP contribution in [0.4, 0.5) is 13.2 Å². The molecule has 0 aliphatic rings. The Kier molecular flexibility index (Phi) is 7.69. The molecule has 0 amide bonds.